The fourth-order valence-corrected chi connectivity index (χ4v) is 13.0. The van der Waals surface area contributed by atoms with Crippen molar-refractivity contribution in [3.63, 3.8) is 0 Å². The molecule has 532 valence electrons. The van der Waals surface area contributed by atoms with Crippen LogP contribution >= 0.6 is 0 Å². The van der Waals surface area contributed by atoms with Crippen LogP contribution in [0.25, 0.3) is 22.5 Å². The summed E-state index contributed by atoms with van der Waals surface area (Å²) in [5.41, 5.74) is 4.76. The van der Waals surface area contributed by atoms with Crippen LogP contribution in [-0.2, 0) is 42.7 Å². The van der Waals surface area contributed by atoms with Crippen LogP contribution in [0.1, 0.15) is 168 Å². The predicted molar refractivity (Wildman–Crippen MR) is 363 cm³/mol. The van der Waals surface area contributed by atoms with Gasteiger partial charge in [0.15, 0.2) is 11.5 Å². The van der Waals surface area contributed by atoms with Crippen LogP contribution in [0.3, 0.4) is 0 Å². The number of amides is 6. The lowest BCUT2D eigenvalue weighted by Gasteiger charge is -2.33. The molecule has 4 aromatic heterocycles. The van der Waals surface area contributed by atoms with Gasteiger partial charge in [0.05, 0.1) is 48.9 Å². The first-order valence-electron chi connectivity index (χ1n) is 34.3. The molecule has 2 unspecified atom stereocenters. The third-order valence-corrected chi connectivity index (χ3v) is 18.5. The van der Waals surface area contributed by atoms with Gasteiger partial charge in [0.25, 0.3) is 11.8 Å². The third kappa shape index (κ3) is 18.9. The van der Waals surface area contributed by atoms with Crippen LogP contribution in [0.15, 0.2) is 94.2 Å². The van der Waals surface area contributed by atoms with Crippen molar-refractivity contribution in [2.45, 2.75) is 181 Å². The molecule has 10 rings (SSSR count). The van der Waals surface area contributed by atoms with Crippen molar-refractivity contribution in [3.8, 4) is 34.3 Å². The molecule has 0 spiro atoms. The quantitative estimate of drug-likeness (QED) is 0.0553. The summed E-state index contributed by atoms with van der Waals surface area (Å²) >= 11 is 0. The van der Waals surface area contributed by atoms with Crippen LogP contribution in [0.5, 0.6) is 11.8 Å². The van der Waals surface area contributed by atoms with E-state index in [4.69, 9.17) is 28.0 Å². The molecule has 4 fully saturated rings. The summed E-state index contributed by atoms with van der Waals surface area (Å²) in [4.78, 5) is 86.3. The standard InChI is InChI=1S/2C36H50N6O7/c2*1-22(2)32(30-19-31(39-49-30)47-21-24-13-16-41(17-14-24)35(46)48-36(4,5)6)34(45)42-20-27(43)18-29(42)33(44)38-23(3)25-8-10-26(11-9-25)28-12-15-37-40(28)7/h2*8-12,15,19,22-24,27,29,32,43H,13-14,16-18,20-21H2,1-7H3,(H,38,44)/t2*23-,27+,29-,32?/m00/s1. The number of aromatic nitrogens is 6. The number of rotatable bonds is 20. The molecule has 4 saturated heterocycles. The summed E-state index contributed by atoms with van der Waals surface area (Å²) < 4.78 is 37.8. The largest absolute Gasteiger partial charge is 0.475 e. The highest BCUT2D eigenvalue weighted by Crippen LogP contribution is 2.36. The minimum atomic E-state index is -0.829. The molecule has 6 amide bonds. The van der Waals surface area contributed by atoms with E-state index in [0.29, 0.717) is 50.9 Å². The van der Waals surface area contributed by atoms with E-state index >= 15 is 0 Å². The van der Waals surface area contributed by atoms with E-state index in [1.54, 1.807) is 43.7 Å². The van der Waals surface area contributed by atoms with E-state index < -0.39 is 47.3 Å². The monoisotopic (exact) mass is 1360 g/mol. The van der Waals surface area contributed by atoms with Gasteiger partial charge in [0, 0.05) is 90.7 Å². The summed E-state index contributed by atoms with van der Waals surface area (Å²) in [6.07, 6.45) is 4.62. The van der Waals surface area contributed by atoms with Crippen LogP contribution in [0, 0.1) is 23.7 Å². The van der Waals surface area contributed by atoms with E-state index in [0.717, 1.165) is 59.3 Å². The molecule has 98 heavy (non-hydrogen) atoms. The second kappa shape index (κ2) is 31.8. The van der Waals surface area contributed by atoms with Crippen molar-refractivity contribution in [1.82, 2.24) is 60.1 Å². The number of hydrogen-bond acceptors (Lipinski definition) is 18. The Balaban J connectivity index is 0.000000229. The molecule has 4 N–H and O–H groups in total. The molecule has 4 aliphatic rings. The summed E-state index contributed by atoms with van der Waals surface area (Å²) in [5.74, 6) is -1.36. The molecule has 26 nitrogen and oxygen atoms in total. The summed E-state index contributed by atoms with van der Waals surface area (Å²) in [7, 11) is 3.77. The van der Waals surface area contributed by atoms with Crippen molar-refractivity contribution in [2.75, 3.05) is 52.5 Å². The fourth-order valence-electron chi connectivity index (χ4n) is 13.0. The first kappa shape index (κ1) is 73.5. The van der Waals surface area contributed by atoms with Gasteiger partial charge >= 0.3 is 12.2 Å². The number of benzene rings is 2. The Morgan fingerprint density at radius 3 is 1.19 bits per heavy atom. The molecule has 0 radical (unpaired) electrons. The number of β-amino-alcohol motifs (C(OH)–C–C–N with tert-alkyl or cyclic N) is 2. The minimum absolute atomic E-state index is 0.0490. The number of likely N-dealkylation sites (tertiary alicyclic amines) is 4. The van der Waals surface area contributed by atoms with Crippen LogP contribution in [0.2, 0.25) is 0 Å². The Morgan fingerprint density at radius 1 is 0.541 bits per heavy atom. The van der Waals surface area contributed by atoms with Gasteiger partial charge in [-0.15, -0.1) is 0 Å². The second-order valence-electron chi connectivity index (χ2n) is 29.2. The van der Waals surface area contributed by atoms with Gasteiger partial charge in [-0.1, -0.05) is 76.2 Å². The lowest BCUT2D eigenvalue weighted by Crippen LogP contribution is -2.48. The van der Waals surface area contributed by atoms with E-state index in [1.165, 1.54) is 9.80 Å². The zero-order chi connectivity index (χ0) is 70.9. The lowest BCUT2D eigenvalue weighted by molar-refractivity contribution is -0.141. The Labute approximate surface area is 574 Å². The van der Waals surface area contributed by atoms with Gasteiger partial charge in [0.2, 0.25) is 23.6 Å². The molecule has 0 bridgehead atoms. The van der Waals surface area contributed by atoms with Gasteiger partial charge in [-0.3, -0.25) is 28.5 Å². The van der Waals surface area contributed by atoms with Crippen molar-refractivity contribution in [2.24, 2.45) is 37.8 Å². The number of aliphatic hydroxyl groups is 2. The summed E-state index contributed by atoms with van der Waals surface area (Å²) in [6.45, 7) is 25.8. The van der Waals surface area contributed by atoms with E-state index in [1.807, 2.05) is 158 Å². The van der Waals surface area contributed by atoms with Crippen LogP contribution in [0.4, 0.5) is 9.59 Å². The SMILES string of the molecule is CC(C)C(C(=O)N1C[C@H](O)C[C@H]1C(=O)N[C@@H](C)c1ccc(-c2ccnn2C)cc1)c1cc(OCC2CCN(C(=O)OC(C)(C)C)CC2)no1.CC(C)C(C(=O)N1C[C@H](O)C[C@H]1C(=O)N[C@@H](C)c1ccc(-c2ccnn2C)cc1)c1cc(OCC2CCN(C(=O)OC(C)(C)C)CC2)no1. The molecule has 4 aliphatic heterocycles. The van der Waals surface area contributed by atoms with E-state index in [-0.39, 0.29) is 109 Å². The number of nitrogens with one attached hydrogen (secondary N) is 2. The number of ether oxygens (including phenoxy) is 4. The smallest absolute Gasteiger partial charge is 0.410 e. The van der Waals surface area contributed by atoms with E-state index in [2.05, 4.69) is 31.1 Å². The van der Waals surface area contributed by atoms with Crippen molar-refractivity contribution < 1.29 is 67.0 Å². The summed E-state index contributed by atoms with van der Waals surface area (Å²) in [5, 5.41) is 43.9. The number of aliphatic hydroxyl groups excluding tert-OH is 2. The minimum Gasteiger partial charge on any atom is -0.475 e. The fraction of sp³-hybridized carbons (Fsp3) is 0.583. The first-order chi connectivity index (χ1) is 46.4. The Hall–Kier alpha value is -8.78. The highest BCUT2D eigenvalue weighted by atomic mass is 16.6. The maximum atomic E-state index is 14.0. The molecule has 26 heteroatoms. The second-order valence-corrected chi connectivity index (χ2v) is 29.2. The number of carbonyl (C=O) groups is 6. The summed E-state index contributed by atoms with van der Waals surface area (Å²) in [6, 6.07) is 20.7. The Bertz CT molecular complexity index is 3410. The normalized spacial score (nSPS) is 19.9. The van der Waals surface area contributed by atoms with E-state index in [9.17, 15) is 39.0 Å². The highest BCUT2D eigenvalue weighted by molar-refractivity contribution is 5.92. The topological polar surface area (TPSA) is 305 Å². The molecule has 8 heterocycles. The molecule has 2 aromatic carbocycles. The molecule has 0 aliphatic carbocycles. The van der Waals surface area contributed by atoms with Crippen LogP contribution in [-0.4, -0.2) is 183 Å². The molecule has 6 aromatic rings. The van der Waals surface area contributed by atoms with Crippen molar-refractivity contribution in [3.05, 3.63) is 108 Å². The highest BCUT2D eigenvalue weighted by Gasteiger charge is 2.46. The van der Waals surface area contributed by atoms with Gasteiger partial charge in [-0.2, -0.15) is 10.2 Å². The van der Waals surface area contributed by atoms with Gasteiger partial charge in [-0.25, -0.2) is 9.59 Å². The predicted octanol–water partition coefficient (Wildman–Crippen LogP) is 9.36. The maximum absolute atomic E-state index is 14.0. The Morgan fingerprint density at radius 2 is 0.888 bits per heavy atom. The van der Waals surface area contributed by atoms with Crippen molar-refractivity contribution >= 4 is 35.8 Å². The average Bonchev–Trinajstić information content (AvgIpc) is 1.63. The molecular formula is C72H100N12O14. The number of carbonyl (C=O) groups excluding carboxylic acids is 6. The molecule has 8 atom stereocenters. The zero-order valence-electron chi connectivity index (χ0n) is 59.2. The van der Waals surface area contributed by atoms with Crippen LogP contribution < -0.4 is 20.1 Å². The molecular weight excluding hydrogens is 1260 g/mol. The number of hydrogen-bond donors (Lipinski definition) is 4. The average molecular weight is 1360 g/mol. The number of aryl methyl sites for hydroxylation is 2. The van der Waals surface area contributed by atoms with Gasteiger partial charge in [0.1, 0.15) is 35.1 Å². The Kier molecular flexibility index (Phi) is 23.9. The van der Waals surface area contributed by atoms with Gasteiger partial charge in [-0.05, 0) is 149 Å². The maximum Gasteiger partial charge on any atom is 0.410 e. The zero-order valence-corrected chi connectivity index (χ0v) is 59.2. The van der Waals surface area contributed by atoms with Crippen molar-refractivity contribution in [1.29, 1.82) is 0 Å². The first-order valence-corrected chi connectivity index (χ1v) is 34.3. The third-order valence-electron chi connectivity index (χ3n) is 18.5. The van der Waals surface area contributed by atoms with Gasteiger partial charge < -0.3 is 68.4 Å². The number of nitrogens with zero attached hydrogens (tertiary/aromatic N) is 10. The number of piperidine rings is 2. The lowest BCUT2D eigenvalue weighted by atomic mass is 9.91. The molecule has 0 saturated carbocycles.